The smallest absolute Gasteiger partial charge is 0.303 e. The van der Waals surface area contributed by atoms with Crippen molar-refractivity contribution in [1.29, 1.82) is 0 Å². The molecule has 1 aromatic rings. The molecule has 0 heterocycles. The number of aromatic hydroxyl groups is 1. The molecule has 4 nitrogen and oxygen atoms in total. The van der Waals surface area contributed by atoms with Crippen LogP contribution >= 0.6 is 0 Å². The van der Waals surface area contributed by atoms with Crippen LogP contribution in [0.15, 0.2) is 24.3 Å². The molecule has 0 aromatic heterocycles. The van der Waals surface area contributed by atoms with Gasteiger partial charge in [0.05, 0.1) is 6.42 Å². The maximum absolute atomic E-state index is 9.60. The fourth-order valence-electron chi connectivity index (χ4n) is 0.727. The summed E-state index contributed by atoms with van der Waals surface area (Å²) in [6.07, 6.45) is 0.660. The number of aliphatic carboxylic acids is 1. The second kappa shape index (κ2) is 7.55. The highest BCUT2D eigenvalue weighted by Crippen LogP contribution is 2.07. The molecule has 82 valence electrons. The summed E-state index contributed by atoms with van der Waals surface area (Å²) in [6, 6.07) is 7.09. The third kappa shape index (κ3) is 8.49. The number of carboxylic acids is 1. The normalized spacial score (nSPS) is 8.60. The van der Waals surface area contributed by atoms with Crippen molar-refractivity contribution in [2.45, 2.75) is 19.8 Å². The van der Waals surface area contributed by atoms with Gasteiger partial charge in [0.15, 0.2) is 0 Å². The molecule has 0 aliphatic heterocycles. The monoisotopic (exact) mass is 210 g/mol. The first-order chi connectivity index (χ1) is 7.06. The zero-order valence-electron chi connectivity index (χ0n) is 8.51. The van der Waals surface area contributed by atoms with E-state index >= 15 is 0 Å². The molecule has 0 spiro atoms. The Hall–Kier alpha value is -1.84. The van der Waals surface area contributed by atoms with Crippen molar-refractivity contribution in [3.63, 3.8) is 0 Å². The van der Waals surface area contributed by atoms with E-state index in [-0.39, 0.29) is 12.8 Å². The number of carbonyl (C=O) groups excluding carboxylic acids is 1. The van der Waals surface area contributed by atoms with E-state index in [9.17, 15) is 9.59 Å². The third-order valence-corrected chi connectivity index (χ3v) is 1.51. The van der Waals surface area contributed by atoms with Gasteiger partial charge >= 0.3 is 5.97 Å². The Balaban J connectivity index is 0.000000265. The minimum absolute atomic E-state index is 0.0521. The molecule has 0 bridgehead atoms. The lowest BCUT2D eigenvalue weighted by Gasteiger charge is -1.89. The third-order valence-electron chi connectivity index (χ3n) is 1.51. The number of phenols is 1. The summed E-state index contributed by atoms with van der Waals surface area (Å²) in [7, 11) is 0. The largest absolute Gasteiger partial charge is 0.508 e. The average Bonchev–Trinajstić information content (AvgIpc) is 2.20. The van der Waals surface area contributed by atoms with Gasteiger partial charge in [0.1, 0.15) is 12.0 Å². The standard InChI is InChI=1S/C7H8O.C4H6O3/c1-6-2-4-7(8)5-3-6;5-3-1-2-4(6)7/h2-5,8H,1H3;3H,1-2H2,(H,6,7). The molecule has 0 radical (unpaired) electrons. The van der Waals surface area contributed by atoms with Crippen molar-refractivity contribution in [2.75, 3.05) is 0 Å². The Kier molecular flexibility index (Phi) is 6.63. The highest BCUT2D eigenvalue weighted by molar-refractivity contribution is 5.70. The summed E-state index contributed by atoms with van der Waals surface area (Å²) in [5.41, 5.74) is 1.17. The number of aryl methyl sites for hydroxylation is 1. The molecule has 1 aromatic carbocycles. The first kappa shape index (κ1) is 13.2. The fraction of sp³-hybridized carbons (Fsp3) is 0.273. The Labute approximate surface area is 88.2 Å². The van der Waals surface area contributed by atoms with Crippen LogP contribution in [0.5, 0.6) is 5.75 Å². The van der Waals surface area contributed by atoms with Gasteiger partial charge < -0.3 is 15.0 Å². The van der Waals surface area contributed by atoms with Gasteiger partial charge in [-0.15, -0.1) is 0 Å². The number of aldehydes is 1. The molecule has 1 rings (SSSR count). The van der Waals surface area contributed by atoms with E-state index < -0.39 is 5.97 Å². The lowest BCUT2D eigenvalue weighted by atomic mass is 10.2. The number of hydrogen-bond acceptors (Lipinski definition) is 3. The summed E-state index contributed by atoms with van der Waals surface area (Å²) in [5, 5.41) is 16.6. The maximum atomic E-state index is 9.60. The Morgan fingerprint density at radius 2 is 1.87 bits per heavy atom. The van der Waals surface area contributed by atoms with Crippen molar-refractivity contribution in [1.82, 2.24) is 0 Å². The zero-order valence-corrected chi connectivity index (χ0v) is 8.51. The van der Waals surface area contributed by atoms with E-state index in [1.165, 1.54) is 5.56 Å². The molecule has 4 heteroatoms. The SMILES string of the molecule is Cc1ccc(O)cc1.O=CCCC(=O)O. The van der Waals surface area contributed by atoms with Crippen LogP contribution in [0.25, 0.3) is 0 Å². The van der Waals surface area contributed by atoms with Crippen molar-refractivity contribution in [3.8, 4) is 5.75 Å². The van der Waals surface area contributed by atoms with Gasteiger partial charge in [-0.25, -0.2) is 0 Å². The molecular weight excluding hydrogens is 196 g/mol. The van der Waals surface area contributed by atoms with Crippen LogP contribution in [0.1, 0.15) is 18.4 Å². The molecule has 0 saturated heterocycles. The second-order valence-corrected chi connectivity index (χ2v) is 2.93. The van der Waals surface area contributed by atoms with E-state index in [1.807, 2.05) is 19.1 Å². The summed E-state index contributed by atoms with van der Waals surface area (Å²) in [5.74, 6) is -0.595. The molecule has 0 fully saturated rings. The van der Waals surface area contributed by atoms with E-state index in [2.05, 4.69) is 0 Å². The minimum Gasteiger partial charge on any atom is -0.508 e. The number of carboxylic acid groups (broad SMARTS) is 1. The summed E-state index contributed by atoms with van der Waals surface area (Å²) >= 11 is 0. The molecule has 0 aliphatic carbocycles. The van der Waals surface area contributed by atoms with Gasteiger partial charge in [-0.1, -0.05) is 17.7 Å². The van der Waals surface area contributed by atoms with E-state index in [0.29, 0.717) is 12.0 Å². The van der Waals surface area contributed by atoms with Gasteiger partial charge in [0.25, 0.3) is 0 Å². The number of rotatable bonds is 3. The summed E-state index contributed by atoms with van der Waals surface area (Å²) in [6.45, 7) is 1.99. The minimum atomic E-state index is -0.924. The predicted molar refractivity (Wildman–Crippen MR) is 55.8 cm³/mol. The van der Waals surface area contributed by atoms with E-state index in [0.717, 1.165) is 0 Å². The lowest BCUT2D eigenvalue weighted by molar-refractivity contribution is -0.137. The van der Waals surface area contributed by atoms with Gasteiger partial charge in [-0.3, -0.25) is 4.79 Å². The van der Waals surface area contributed by atoms with Crippen LogP contribution < -0.4 is 0 Å². The quantitative estimate of drug-likeness (QED) is 0.745. The Bertz CT molecular complexity index is 282. The Morgan fingerprint density at radius 1 is 1.33 bits per heavy atom. The average molecular weight is 210 g/mol. The van der Waals surface area contributed by atoms with Gasteiger partial charge in [-0.05, 0) is 19.1 Å². The zero-order chi connectivity index (χ0) is 11.7. The van der Waals surface area contributed by atoms with Gasteiger partial charge in [0.2, 0.25) is 0 Å². The van der Waals surface area contributed by atoms with Crippen molar-refractivity contribution < 1.29 is 19.8 Å². The molecule has 15 heavy (non-hydrogen) atoms. The number of hydrogen-bond donors (Lipinski definition) is 2. The van der Waals surface area contributed by atoms with Crippen LogP contribution in [0.3, 0.4) is 0 Å². The number of carbonyl (C=O) groups is 2. The molecule has 0 unspecified atom stereocenters. The van der Waals surface area contributed by atoms with Crippen LogP contribution in [-0.4, -0.2) is 22.5 Å². The van der Waals surface area contributed by atoms with Crippen LogP contribution in [0.2, 0.25) is 0 Å². The van der Waals surface area contributed by atoms with E-state index in [4.69, 9.17) is 10.2 Å². The molecule has 0 amide bonds. The number of phenolic OH excluding ortho intramolecular Hbond substituents is 1. The fourth-order valence-corrected chi connectivity index (χ4v) is 0.727. The van der Waals surface area contributed by atoms with Crippen molar-refractivity contribution in [3.05, 3.63) is 29.8 Å². The van der Waals surface area contributed by atoms with E-state index in [1.54, 1.807) is 12.1 Å². The van der Waals surface area contributed by atoms with Crippen LogP contribution in [-0.2, 0) is 9.59 Å². The highest BCUT2D eigenvalue weighted by Gasteiger charge is 1.91. The molecule has 2 N–H and O–H groups in total. The highest BCUT2D eigenvalue weighted by atomic mass is 16.4. The lowest BCUT2D eigenvalue weighted by Crippen LogP contribution is -1.93. The topological polar surface area (TPSA) is 74.6 Å². The molecule has 0 atom stereocenters. The van der Waals surface area contributed by atoms with Gasteiger partial charge in [-0.2, -0.15) is 0 Å². The maximum Gasteiger partial charge on any atom is 0.303 e. The molecular formula is C11H14O4. The first-order valence-corrected chi connectivity index (χ1v) is 4.47. The van der Waals surface area contributed by atoms with Crippen LogP contribution in [0.4, 0.5) is 0 Å². The Morgan fingerprint density at radius 3 is 2.13 bits per heavy atom. The molecule has 0 aliphatic rings. The van der Waals surface area contributed by atoms with Gasteiger partial charge in [0, 0.05) is 6.42 Å². The van der Waals surface area contributed by atoms with Crippen LogP contribution in [0, 0.1) is 6.92 Å². The second-order valence-electron chi connectivity index (χ2n) is 2.93. The number of benzene rings is 1. The summed E-state index contributed by atoms with van der Waals surface area (Å²) < 4.78 is 0. The first-order valence-electron chi connectivity index (χ1n) is 4.47. The van der Waals surface area contributed by atoms with Crippen molar-refractivity contribution in [2.24, 2.45) is 0 Å². The van der Waals surface area contributed by atoms with Crippen molar-refractivity contribution >= 4 is 12.3 Å². The predicted octanol–water partition coefficient (Wildman–Crippen LogP) is 1.75. The molecule has 0 saturated carbocycles. The summed E-state index contributed by atoms with van der Waals surface area (Å²) in [4.78, 5) is 19.0.